The first-order valence-corrected chi connectivity index (χ1v) is 4.98. The Bertz CT molecular complexity index is 301. The molecule has 2 rings (SSSR count). The molecular formula is C10H17N3. The van der Waals surface area contributed by atoms with Crippen LogP contribution in [0.4, 0.5) is 0 Å². The van der Waals surface area contributed by atoms with Gasteiger partial charge in [0.25, 0.3) is 0 Å². The summed E-state index contributed by atoms with van der Waals surface area (Å²) in [5, 5.41) is 0. The van der Waals surface area contributed by atoms with Crippen molar-refractivity contribution in [3.63, 3.8) is 0 Å². The average molecular weight is 179 g/mol. The van der Waals surface area contributed by atoms with E-state index in [4.69, 9.17) is 5.73 Å². The molecule has 0 bridgehead atoms. The Balaban J connectivity index is 2.35. The zero-order valence-corrected chi connectivity index (χ0v) is 8.33. The number of imidazole rings is 1. The predicted molar refractivity (Wildman–Crippen MR) is 52.6 cm³/mol. The first-order chi connectivity index (χ1) is 6.18. The highest BCUT2D eigenvalue weighted by Gasteiger charge is 2.19. The van der Waals surface area contributed by atoms with E-state index < -0.39 is 0 Å². The molecule has 1 atom stereocenters. The van der Waals surface area contributed by atoms with Crippen LogP contribution in [0.3, 0.4) is 0 Å². The largest absolute Gasteiger partial charge is 0.330 e. The van der Waals surface area contributed by atoms with Crippen LogP contribution in [0.1, 0.15) is 37.7 Å². The molecule has 3 nitrogen and oxygen atoms in total. The Labute approximate surface area is 79.0 Å². The second kappa shape index (κ2) is 3.14. The smallest absolute Gasteiger partial charge is 0.111 e. The first-order valence-electron chi connectivity index (χ1n) is 4.98. The Morgan fingerprint density at radius 2 is 2.38 bits per heavy atom. The summed E-state index contributed by atoms with van der Waals surface area (Å²) in [7, 11) is 0. The van der Waals surface area contributed by atoms with E-state index in [2.05, 4.69) is 23.4 Å². The summed E-state index contributed by atoms with van der Waals surface area (Å²) in [6.45, 7) is 5.30. The maximum atomic E-state index is 5.93. The molecule has 1 aliphatic rings. The van der Waals surface area contributed by atoms with Gasteiger partial charge in [0.2, 0.25) is 0 Å². The van der Waals surface area contributed by atoms with Crippen molar-refractivity contribution in [2.45, 2.75) is 45.2 Å². The molecule has 1 aromatic rings. The zero-order valence-electron chi connectivity index (χ0n) is 8.33. The topological polar surface area (TPSA) is 43.8 Å². The number of nitrogens with zero attached hydrogens (tertiary/aromatic N) is 2. The molecule has 1 aromatic heterocycles. The van der Waals surface area contributed by atoms with E-state index in [1.165, 1.54) is 11.5 Å². The van der Waals surface area contributed by atoms with Gasteiger partial charge >= 0.3 is 0 Å². The van der Waals surface area contributed by atoms with Gasteiger partial charge in [-0.05, 0) is 12.8 Å². The third-order valence-corrected chi connectivity index (χ3v) is 2.67. The van der Waals surface area contributed by atoms with Crippen LogP contribution in [-0.4, -0.2) is 15.6 Å². The van der Waals surface area contributed by atoms with E-state index in [-0.39, 0.29) is 0 Å². The summed E-state index contributed by atoms with van der Waals surface area (Å²) in [5.74, 6) is 1.68. The summed E-state index contributed by atoms with van der Waals surface area (Å²) in [4.78, 5) is 4.44. The molecule has 0 unspecified atom stereocenters. The number of nitrogens with two attached hydrogens (primary N) is 1. The highest BCUT2D eigenvalue weighted by Crippen LogP contribution is 2.20. The van der Waals surface area contributed by atoms with Gasteiger partial charge < -0.3 is 10.3 Å². The number of hydrogen-bond acceptors (Lipinski definition) is 2. The van der Waals surface area contributed by atoms with Crippen LogP contribution in [0.2, 0.25) is 0 Å². The van der Waals surface area contributed by atoms with Gasteiger partial charge in [-0.25, -0.2) is 4.98 Å². The quantitative estimate of drug-likeness (QED) is 0.705. The standard InChI is InChI=1S/C10H17N3/c1-7(2)10-12-5-9-4-3-8(11)6-13(9)10/h5,7-8H,3-4,6,11H2,1-2H3/t8-/m1/s1. The van der Waals surface area contributed by atoms with Crippen molar-refractivity contribution in [1.29, 1.82) is 0 Å². The molecule has 0 saturated heterocycles. The van der Waals surface area contributed by atoms with Gasteiger partial charge in [0.05, 0.1) is 0 Å². The fourth-order valence-electron chi connectivity index (χ4n) is 1.96. The third-order valence-electron chi connectivity index (χ3n) is 2.67. The van der Waals surface area contributed by atoms with Crippen LogP contribution in [-0.2, 0) is 13.0 Å². The lowest BCUT2D eigenvalue weighted by Gasteiger charge is -2.23. The fourth-order valence-corrected chi connectivity index (χ4v) is 1.96. The van der Waals surface area contributed by atoms with Crippen LogP contribution in [0.25, 0.3) is 0 Å². The molecule has 0 saturated carbocycles. The van der Waals surface area contributed by atoms with Gasteiger partial charge in [0.15, 0.2) is 0 Å². The lowest BCUT2D eigenvalue weighted by Crippen LogP contribution is -2.32. The third kappa shape index (κ3) is 1.48. The van der Waals surface area contributed by atoms with E-state index >= 15 is 0 Å². The summed E-state index contributed by atoms with van der Waals surface area (Å²) in [6.07, 6.45) is 4.19. The van der Waals surface area contributed by atoms with Crippen molar-refractivity contribution < 1.29 is 0 Å². The summed E-state index contributed by atoms with van der Waals surface area (Å²) < 4.78 is 2.29. The maximum absolute atomic E-state index is 5.93. The molecule has 1 aliphatic heterocycles. The van der Waals surface area contributed by atoms with Gasteiger partial charge in [-0.2, -0.15) is 0 Å². The molecule has 0 spiro atoms. The van der Waals surface area contributed by atoms with Gasteiger partial charge in [0, 0.05) is 30.4 Å². The first kappa shape index (κ1) is 8.75. The molecule has 0 fully saturated rings. The van der Waals surface area contributed by atoms with Gasteiger partial charge in [0.1, 0.15) is 5.82 Å². The second-order valence-corrected chi connectivity index (χ2v) is 4.17. The number of aryl methyl sites for hydroxylation is 1. The number of rotatable bonds is 1. The number of hydrogen-bond donors (Lipinski definition) is 1. The lowest BCUT2D eigenvalue weighted by atomic mass is 10.1. The minimum Gasteiger partial charge on any atom is -0.330 e. The lowest BCUT2D eigenvalue weighted by molar-refractivity contribution is 0.443. The van der Waals surface area contributed by atoms with Gasteiger partial charge in [-0.1, -0.05) is 13.8 Å². The molecule has 0 aromatic carbocycles. The van der Waals surface area contributed by atoms with Crippen LogP contribution in [0.15, 0.2) is 6.20 Å². The molecule has 2 heterocycles. The fraction of sp³-hybridized carbons (Fsp3) is 0.700. The monoisotopic (exact) mass is 179 g/mol. The molecule has 0 aliphatic carbocycles. The summed E-state index contributed by atoms with van der Waals surface area (Å²) in [6, 6.07) is 0.319. The van der Waals surface area contributed by atoms with Crippen LogP contribution in [0, 0.1) is 0 Å². The molecule has 72 valence electrons. The highest BCUT2D eigenvalue weighted by atomic mass is 15.1. The van der Waals surface area contributed by atoms with Crippen LogP contribution in [0.5, 0.6) is 0 Å². The maximum Gasteiger partial charge on any atom is 0.111 e. The number of fused-ring (bicyclic) bond motifs is 1. The Kier molecular flexibility index (Phi) is 2.12. The molecule has 13 heavy (non-hydrogen) atoms. The van der Waals surface area contributed by atoms with Crippen molar-refractivity contribution in [1.82, 2.24) is 9.55 Å². The molecule has 3 heteroatoms. The van der Waals surface area contributed by atoms with Crippen molar-refractivity contribution in [3.8, 4) is 0 Å². The molecule has 0 radical (unpaired) electrons. The number of aromatic nitrogens is 2. The van der Waals surface area contributed by atoms with Crippen LogP contribution >= 0.6 is 0 Å². The highest BCUT2D eigenvalue weighted by molar-refractivity contribution is 5.11. The van der Waals surface area contributed by atoms with E-state index in [1.54, 1.807) is 0 Å². The minimum atomic E-state index is 0.319. The Morgan fingerprint density at radius 1 is 1.62 bits per heavy atom. The van der Waals surface area contributed by atoms with Crippen molar-refractivity contribution in [2.24, 2.45) is 5.73 Å². The second-order valence-electron chi connectivity index (χ2n) is 4.17. The van der Waals surface area contributed by atoms with E-state index in [0.717, 1.165) is 19.4 Å². The predicted octanol–water partition coefficient (Wildman–Crippen LogP) is 1.28. The molecule has 2 N–H and O–H groups in total. The van der Waals surface area contributed by atoms with Crippen LogP contribution < -0.4 is 5.73 Å². The van der Waals surface area contributed by atoms with Gasteiger partial charge in [-0.15, -0.1) is 0 Å². The van der Waals surface area contributed by atoms with Gasteiger partial charge in [-0.3, -0.25) is 0 Å². The van der Waals surface area contributed by atoms with Crippen molar-refractivity contribution in [3.05, 3.63) is 17.7 Å². The molecule has 0 amide bonds. The minimum absolute atomic E-state index is 0.319. The van der Waals surface area contributed by atoms with E-state index in [1.807, 2.05) is 6.20 Å². The summed E-state index contributed by atoms with van der Waals surface area (Å²) in [5.41, 5.74) is 7.28. The van der Waals surface area contributed by atoms with E-state index in [0.29, 0.717) is 12.0 Å². The normalized spacial score (nSPS) is 22.0. The zero-order chi connectivity index (χ0) is 9.42. The summed E-state index contributed by atoms with van der Waals surface area (Å²) >= 11 is 0. The molecular weight excluding hydrogens is 162 g/mol. The van der Waals surface area contributed by atoms with E-state index in [9.17, 15) is 0 Å². The average Bonchev–Trinajstić information content (AvgIpc) is 2.46. The Morgan fingerprint density at radius 3 is 3.08 bits per heavy atom. The SMILES string of the molecule is CC(C)c1ncc2n1C[C@H](N)CC2. The van der Waals surface area contributed by atoms with Crippen molar-refractivity contribution in [2.75, 3.05) is 0 Å². The van der Waals surface area contributed by atoms with Crippen molar-refractivity contribution >= 4 is 0 Å². The Hall–Kier alpha value is -0.830.